The fourth-order valence-corrected chi connectivity index (χ4v) is 5.70. The van der Waals surface area contributed by atoms with Crippen LogP contribution in [0.4, 0.5) is 5.69 Å². The van der Waals surface area contributed by atoms with Crippen molar-refractivity contribution < 1.29 is 13.2 Å². The molecule has 0 saturated carbocycles. The van der Waals surface area contributed by atoms with Gasteiger partial charge in [-0.1, -0.05) is 42.8 Å². The fraction of sp³-hybridized carbons (Fsp3) is 0.318. The maximum absolute atomic E-state index is 13.1. The van der Waals surface area contributed by atoms with Crippen molar-refractivity contribution in [3.63, 3.8) is 0 Å². The van der Waals surface area contributed by atoms with Gasteiger partial charge < -0.3 is 9.88 Å². The van der Waals surface area contributed by atoms with Crippen molar-refractivity contribution >= 4 is 32.4 Å². The number of hydrogen-bond acceptors (Lipinski definition) is 3. The Morgan fingerprint density at radius 3 is 2.45 bits per heavy atom. The summed E-state index contributed by atoms with van der Waals surface area (Å²) in [7, 11) is -1.88. The second kappa shape index (κ2) is 7.65. The summed E-state index contributed by atoms with van der Waals surface area (Å²) in [4.78, 5) is 13.2. The summed E-state index contributed by atoms with van der Waals surface area (Å²) in [5.74, 6) is -0.327. The molecule has 0 radical (unpaired) electrons. The summed E-state index contributed by atoms with van der Waals surface area (Å²) >= 11 is 0. The SMILES string of the molecule is Cc1c(S(=O)(=O)N2CCCCC2)cc(C(=O)Nc2cccc3ccccc23)n1C. The van der Waals surface area contributed by atoms with Gasteiger partial charge in [0.1, 0.15) is 10.6 Å². The number of carbonyl (C=O) groups is 1. The minimum Gasteiger partial charge on any atom is -0.343 e. The van der Waals surface area contributed by atoms with Gasteiger partial charge in [0, 0.05) is 36.9 Å². The molecule has 1 fully saturated rings. The number of anilines is 1. The largest absolute Gasteiger partial charge is 0.343 e. The van der Waals surface area contributed by atoms with Gasteiger partial charge in [0.25, 0.3) is 5.91 Å². The summed E-state index contributed by atoms with van der Waals surface area (Å²) < 4.78 is 29.4. The molecule has 1 aliphatic rings. The number of hydrogen-bond donors (Lipinski definition) is 1. The van der Waals surface area contributed by atoms with Crippen molar-refractivity contribution in [1.82, 2.24) is 8.87 Å². The molecule has 1 saturated heterocycles. The Labute approximate surface area is 171 Å². The van der Waals surface area contributed by atoms with Gasteiger partial charge in [-0.15, -0.1) is 0 Å². The average Bonchev–Trinajstić information content (AvgIpc) is 3.04. The summed E-state index contributed by atoms with van der Waals surface area (Å²) in [5, 5.41) is 4.91. The van der Waals surface area contributed by atoms with Crippen molar-refractivity contribution in [2.75, 3.05) is 18.4 Å². The minimum absolute atomic E-state index is 0.213. The summed E-state index contributed by atoms with van der Waals surface area (Å²) in [6, 6.07) is 15.0. The van der Waals surface area contributed by atoms with Crippen LogP contribution >= 0.6 is 0 Å². The van der Waals surface area contributed by atoms with Gasteiger partial charge in [-0.2, -0.15) is 4.31 Å². The van der Waals surface area contributed by atoms with Crippen LogP contribution in [-0.2, 0) is 17.1 Å². The quantitative estimate of drug-likeness (QED) is 0.707. The molecule has 0 aliphatic carbocycles. The summed E-state index contributed by atoms with van der Waals surface area (Å²) in [6.07, 6.45) is 2.80. The first-order chi connectivity index (χ1) is 13.9. The molecule has 3 aromatic rings. The number of fused-ring (bicyclic) bond motifs is 1. The first-order valence-corrected chi connectivity index (χ1v) is 11.3. The van der Waals surface area contributed by atoms with E-state index in [4.69, 9.17) is 0 Å². The molecule has 0 bridgehead atoms. The van der Waals surface area contributed by atoms with Crippen LogP contribution in [0.5, 0.6) is 0 Å². The molecule has 2 aromatic carbocycles. The molecule has 1 aliphatic heterocycles. The number of nitrogens with zero attached hydrogens (tertiary/aromatic N) is 2. The Kier molecular flexibility index (Phi) is 5.19. The van der Waals surface area contributed by atoms with E-state index in [1.54, 1.807) is 18.5 Å². The summed E-state index contributed by atoms with van der Waals surface area (Å²) in [5.41, 5.74) is 1.59. The number of benzene rings is 2. The lowest BCUT2D eigenvalue weighted by Gasteiger charge is -2.25. The molecule has 0 atom stereocenters. The van der Waals surface area contributed by atoms with Crippen LogP contribution < -0.4 is 5.32 Å². The highest BCUT2D eigenvalue weighted by Gasteiger charge is 2.30. The number of amides is 1. The third-order valence-corrected chi connectivity index (χ3v) is 7.71. The third kappa shape index (κ3) is 3.56. The highest BCUT2D eigenvalue weighted by atomic mass is 32.2. The minimum atomic E-state index is -3.60. The van der Waals surface area contributed by atoms with E-state index in [0.717, 1.165) is 30.0 Å². The highest BCUT2D eigenvalue weighted by Crippen LogP contribution is 2.27. The van der Waals surface area contributed by atoms with Crippen LogP contribution in [0.25, 0.3) is 10.8 Å². The third-order valence-electron chi connectivity index (χ3n) is 5.69. The number of piperidine rings is 1. The van der Waals surface area contributed by atoms with Crippen LogP contribution in [0.3, 0.4) is 0 Å². The van der Waals surface area contributed by atoms with Crippen LogP contribution in [-0.4, -0.2) is 36.3 Å². The summed E-state index contributed by atoms with van der Waals surface area (Å²) in [6.45, 7) is 2.81. The Morgan fingerprint density at radius 2 is 1.69 bits per heavy atom. The van der Waals surface area contributed by atoms with Crippen molar-refractivity contribution in [3.8, 4) is 0 Å². The maximum Gasteiger partial charge on any atom is 0.272 e. The zero-order valence-electron chi connectivity index (χ0n) is 16.7. The lowest BCUT2D eigenvalue weighted by molar-refractivity contribution is 0.101. The van der Waals surface area contributed by atoms with Gasteiger partial charge in [0.15, 0.2) is 0 Å². The van der Waals surface area contributed by atoms with Gasteiger partial charge >= 0.3 is 0 Å². The lowest BCUT2D eigenvalue weighted by Crippen LogP contribution is -2.35. The van der Waals surface area contributed by atoms with Crippen molar-refractivity contribution in [1.29, 1.82) is 0 Å². The van der Waals surface area contributed by atoms with Crippen molar-refractivity contribution in [3.05, 3.63) is 59.9 Å². The first-order valence-electron chi connectivity index (χ1n) is 9.85. The van der Waals surface area contributed by atoms with Crippen LogP contribution in [0.2, 0.25) is 0 Å². The molecule has 4 rings (SSSR count). The number of nitrogens with one attached hydrogen (secondary N) is 1. The van der Waals surface area contributed by atoms with E-state index in [0.29, 0.717) is 30.2 Å². The van der Waals surface area contributed by atoms with E-state index in [1.165, 1.54) is 10.4 Å². The topological polar surface area (TPSA) is 71.4 Å². The monoisotopic (exact) mass is 411 g/mol. The molecule has 7 heteroatoms. The predicted octanol–water partition coefficient (Wildman–Crippen LogP) is 3.91. The Hall–Kier alpha value is -2.64. The van der Waals surface area contributed by atoms with E-state index in [-0.39, 0.29) is 10.8 Å². The van der Waals surface area contributed by atoms with Crippen molar-refractivity contribution in [2.45, 2.75) is 31.1 Å². The van der Waals surface area contributed by atoms with Crippen molar-refractivity contribution in [2.24, 2.45) is 7.05 Å². The number of sulfonamides is 1. The van der Waals surface area contributed by atoms with Crippen LogP contribution in [0.1, 0.15) is 35.4 Å². The molecule has 0 spiro atoms. The van der Waals surface area contributed by atoms with Gasteiger partial charge in [0.2, 0.25) is 10.0 Å². The van der Waals surface area contributed by atoms with Crippen LogP contribution in [0.15, 0.2) is 53.4 Å². The van der Waals surface area contributed by atoms with E-state index in [2.05, 4.69) is 5.32 Å². The number of rotatable bonds is 4. The first kappa shape index (κ1) is 19.7. The smallest absolute Gasteiger partial charge is 0.272 e. The molecule has 1 aromatic heterocycles. The van der Waals surface area contributed by atoms with Gasteiger partial charge in [0.05, 0.1) is 0 Å². The van der Waals surface area contributed by atoms with E-state index in [1.807, 2.05) is 42.5 Å². The second-order valence-corrected chi connectivity index (χ2v) is 9.39. The standard InChI is InChI=1S/C22H25N3O3S/c1-16-21(29(27,28)25-13-6-3-7-14-25)15-20(24(16)2)22(26)23-19-12-8-10-17-9-4-5-11-18(17)19/h4-5,8-12,15H,3,6-7,13-14H2,1-2H3,(H,23,26). The normalized spacial score (nSPS) is 15.5. The van der Waals surface area contributed by atoms with Gasteiger partial charge in [-0.3, -0.25) is 4.79 Å². The van der Waals surface area contributed by atoms with E-state index >= 15 is 0 Å². The van der Waals surface area contributed by atoms with E-state index < -0.39 is 10.0 Å². The molecule has 1 amide bonds. The molecular formula is C22H25N3O3S. The predicted molar refractivity (Wildman–Crippen MR) is 115 cm³/mol. The van der Waals surface area contributed by atoms with Gasteiger partial charge in [-0.05, 0) is 37.3 Å². The molecule has 2 heterocycles. The maximum atomic E-state index is 13.1. The van der Waals surface area contributed by atoms with Crippen LogP contribution in [0, 0.1) is 6.92 Å². The Bertz CT molecular complexity index is 1170. The molecule has 29 heavy (non-hydrogen) atoms. The number of aromatic nitrogens is 1. The molecular weight excluding hydrogens is 386 g/mol. The zero-order valence-corrected chi connectivity index (χ0v) is 17.5. The van der Waals surface area contributed by atoms with E-state index in [9.17, 15) is 13.2 Å². The fourth-order valence-electron chi connectivity index (χ4n) is 3.92. The molecule has 1 N–H and O–H groups in total. The second-order valence-electron chi connectivity index (χ2n) is 7.48. The molecule has 152 valence electrons. The molecule has 0 unspecified atom stereocenters. The number of carbonyl (C=O) groups excluding carboxylic acids is 1. The highest BCUT2D eigenvalue weighted by molar-refractivity contribution is 7.89. The van der Waals surface area contributed by atoms with Gasteiger partial charge in [-0.25, -0.2) is 8.42 Å². The Balaban J connectivity index is 1.67. The lowest BCUT2D eigenvalue weighted by atomic mass is 10.1. The zero-order chi connectivity index (χ0) is 20.6. The molecule has 6 nitrogen and oxygen atoms in total. The average molecular weight is 412 g/mol. The Morgan fingerprint density at radius 1 is 1.00 bits per heavy atom.